The zero-order chi connectivity index (χ0) is 16.4. The average molecular weight is 308 g/mol. The molecule has 1 aromatic rings. The number of hydrogen-bond acceptors (Lipinski definition) is 5. The van der Waals surface area contributed by atoms with Crippen molar-refractivity contribution < 1.29 is 23.9 Å². The molecule has 1 atom stereocenters. The molecule has 0 spiro atoms. The van der Waals surface area contributed by atoms with E-state index in [4.69, 9.17) is 4.74 Å². The van der Waals surface area contributed by atoms with Crippen LogP contribution in [0.4, 0.5) is 0 Å². The first-order valence-electron chi connectivity index (χ1n) is 7.14. The smallest absolute Gasteiger partial charge is 0.355 e. The molecule has 120 valence electrons. The molecule has 1 aliphatic carbocycles. The van der Waals surface area contributed by atoms with E-state index in [0.717, 1.165) is 12.8 Å². The quantitative estimate of drug-likeness (QED) is 0.798. The predicted octanol–water partition coefficient (Wildman–Crippen LogP) is 1.24. The molecular weight excluding hydrogens is 288 g/mol. The van der Waals surface area contributed by atoms with Gasteiger partial charge in [0.25, 0.3) is 5.91 Å². The van der Waals surface area contributed by atoms with E-state index in [0.29, 0.717) is 16.8 Å². The number of carbonyl (C=O) groups excluding carboxylic acids is 3. The van der Waals surface area contributed by atoms with Gasteiger partial charge in [0.15, 0.2) is 6.10 Å². The van der Waals surface area contributed by atoms with Gasteiger partial charge in [-0.25, -0.2) is 9.59 Å². The van der Waals surface area contributed by atoms with Gasteiger partial charge in [0.05, 0.1) is 12.7 Å². The Labute approximate surface area is 128 Å². The number of H-pyrrole nitrogens is 1. The third kappa shape index (κ3) is 3.29. The number of aromatic nitrogens is 1. The van der Waals surface area contributed by atoms with E-state index in [9.17, 15) is 14.4 Å². The van der Waals surface area contributed by atoms with Crippen molar-refractivity contribution in [3.8, 4) is 0 Å². The maximum absolute atomic E-state index is 12.2. The number of amides is 1. The third-order valence-corrected chi connectivity index (χ3v) is 3.61. The monoisotopic (exact) mass is 308 g/mol. The van der Waals surface area contributed by atoms with Crippen LogP contribution in [0.15, 0.2) is 0 Å². The van der Waals surface area contributed by atoms with E-state index in [2.05, 4.69) is 15.0 Å². The molecule has 0 radical (unpaired) electrons. The van der Waals surface area contributed by atoms with Crippen LogP contribution in [0, 0.1) is 13.8 Å². The summed E-state index contributed by atoms with van der Waals surface area (Å²) in [4.78, 5) is 38.5. The Kier molecular flexibility index (Phi) is 4.54. The second-order valence-electron chi connectivity index (χ2n) is 5.45. The Morgan fingerprint density at radius 2 is 1.86 bits per heavy atom. The number of rotatable bonds is 5. The number of hydrogen-bond donors (Lipinski definition) is 2. The first-order chi connectivity index (χ1) is 10.3. The predicted molar refractivity (Wildman–Crippen MR) is 77.6 cm³/mol. The van der Waals surface area contributed by atoms with Crippen LogP contribution in [0.5, 0.6) is 0 Å². The number of esters is 2. The van der Waals surface area contributed by atoms with Gasteiger partial charge in [-0.1, -0.05) is 0 Å². The summed E-state index contributed by atoms with van der Waals surface area (Å²) >= 11 is 0. The molecule has 7 heteroatoms. The van der Waals surface area contributed by atoms with Crippen molar-refractivity contribution in [2.75, 3.05) is 7.11 Å². The summed E-state index contributed by atoms with van der Waals surface area (Å²) in [5.41, 5.74) is 1.43. The molecule has 1 aromatic heterocycles. The number of methoxy groups -OCH3 is 1. The lowest BCUT2D eigenvalue weighted by atomic mass is 10.1. The van der Waals surface area contributed by atoms with E-state index in [1.165, 1.54) is 14.0 Å². The first-order valence-corrected chi connectivity index (χ1v) is 7.14. The fourth-order valence-electron chi connectivity index (χ4n) is 2.18. The second-order valence-corrected chi connectivity index (χ2v) is 5.45. The number of aryl methyl sites for hydroxylation is 1. The normalized spacial score (nSPS) is 15.1. The number of aromatic amines is 1. The minimum atomic E-state index is -0.891. The number of nitrogens with one attached hydrogen (secondary N) is 2. The summed E-state index contributed by atoms with van der Waals surface area (Å²) in [6.07, 6.45) is 1.03. The third-order valence-electron chi connectivity index (χ3n) is 3.61. The number of carbonyl (C=O) groups is 3. The summed E-state index contributed by atoms with van der Waals surface area (Å²) in [5.74, 6) is -1.51. The Bertz CT molecular complexity index is 616. The van der Waals surface area contributed by atoms with E-state index >= 15 is 0 Å². The van der Waals surface area contributed by atoms with Gasteiger partial charge in [-0.3, -0.25) is 4.79 Å². The molecule has 0 aliphatic heterocycles. The average Bonchev–Trinajstić information content (AvgIpc) is 3.22. The van der Waals surface area contributed by atoms with Gasteiger partial charge < -0.3 is 19.8 Å². The molecule has 22 heavy (non-hydrogen) atoms. The zero-order valence-electron chi connectivity index (χ0n) is 13.1. The van der Waals surface area contributed by atoms with Gasteiger partial charge in [0.2, 0.25) is 0 Å². The molecule has 0 bridgehead atoms. The van der Waals surface area contributed by atoms with Crippen LogP contribution in [0.3, 0.4) is 0 Å². The first kappa shape index (κ1) is 16.1. The highest BCUT2D eigenvalue weighted by molar-refractivity contribution is 5.99. The van der Waals surface area contributed by atoms with Crippen LogP contribution in [0.2, 0.25) is 0 Å². The fraction of sp³-hybridized carbons (Fsp3) is 0.533. The minimum absolute atomic E-state index is 0.156. The summed E-state index contributed by atoms with van der Waals surface area (Å²) in [6, 6.07) is 0.203. The molecule has 1 amide bonds. The zero-order valence-corrected chi connectivity index (χ0v) is 13.1. The standard InChI is InChI=1S/C15H20N2O5/c1-7-11(14(19)21-4)8(2)16-12(7)15(20)22-9(3)13(18)17-10-5-6-10/h9-10,16H,5-6H2,1-4H3,(H,17,18)/t9-/m0/s1. The lowest BCUT2D eigenvalue weighted by molar-refractivity contribution is -0.129. The lowest BCUT2D eigenvalue weighted by Crippen LogP contribution is -2.37. The largest absolute Gasteiger partial charge is 0.465 e. The van der Waals surface area contributed by atoms with Crippen LogP contribution in [-0.2, 0) is 14.3 Å². The van der Waals surface area contributed by atoms with Crippen molar-refractivity contribution >= 4 is 17.8 Å². The second kappa shape index (κ2) is 6.21. The van der Waals surface area contributed by atoms with Crippen molar-refractivity contribution in [2.45, 2.75) is 45.8 Å². The molecule has 0 unspecified atom stereocenters. The Balaban J connectivity index is 2.09. The van der Waals surface area contributed by atoms with Gasteiger partial charge >= 0.3 is 11.9 Å². The van der Waals surface area contributed by atoms with E-state index in [1.54, 1.807) is 13.8 Å². The van der Waals surface area contributed by atoms with Crippen LogP contribution in [0.25, 0.3) is 0 Å². The Hall–Kier alpha value is -2.31. The van der Waals surface area contributed by atoms with Crippen molar-refractivity contribution in [3.63, 3.8) is 0 Å². The van der Waals surface area contributed by atoms with Gasteiger partial charge in [0.1, 0.15) is 5.69 Å². The summed E-state index contributed by atoms with van der Waals surface area (Å²) in [7, 11) is 1.27. The maximum Gasteiger partial charge on any atom is 0.355 e. The SMILES string of the molecule is COC(=O)c1c(C)[nH]c(C(=O)O[C@@H](C)C(=O)NC2CC2)c1C. The molecular formula is C15H20N2O5. The number of ether oxygens (including phenoxy) is 2. The molecule has 1 saturated carbocycles. The topological polar surface area (TPSA) is 97.5 Å². The van der Waals surface area contributed by atoms with Crippen LogP contribution in [0.1, 0.15) is 51.9 Å². The van der Waals surface area contributed by atoms with Gasteiger partial charge in [-0.2, -0.15) is 0 Å². The Morgan fingerprint density at radius 3 is 2.41 bits per heavy atom. The maximum atomic E-state index is 12.2. The van der Waals surface area contributed by atoms with E-state index < -0.39 is 18.0 Å². The molecule has 1 aliphatic rings. The summed E-state index contributed by atoms with van der Waals surface area (Å²) in [6.45, 7) is 4.81. The lowest BCUT2D eigenvalue weighted by Gasteiger charge is -2.13. The van der Waals surface area contributed by atoms with Gasteiger partial charge in [-0.05, 0) is 39.2 Å². The van der Waals surface area contributed by atoms with Gasteiger partial charge in [0, 0.05) is 11.7 Å². The Morgan fingerprint density at radius 1 is 1.23 bits per heavy atom. The van der Waals surface area contributed by atoms with Crippen LogP contribution < -0.4 is 5.32 Å². The van der Waals surface area contributed by atoms with E-state index in [1.807, 2.05) is 0 Å². The van der Waals surface area contributed by atoms with Crippen LogP contribution in [-0.4, -0.2) is 42.1 Å². The molecule has 1 heterocycles. The molecule has 0 aromatic carbocycles. The van der Waals surface area contributed by atoms with Crippen molar-refractivity contribution in [1.29, 1.82) is 0 Å². The summed E-state index contributed by atoms with van der Waals surface area (Å²) < 4.78 is 9.84. The van der Waals surface area contributed by atoms with E-state index in [-0.39, 0.29) is 17.6 Å². The summed E-state index contributed by atoms with van der Waals surface area (Å²) in [5, 5.41) is 2.77. The highest BCUT2D eigenvalue weighted by Gasteiger charge is 2.29. The molecule has 2 rings (SSSR count). The molecule has 7 nitrogen and oxygen atoms in total. The van der Waals surface area contributed by atoms with Crippen LogP contribution >= 0.6 is 0 Å². The van der Waals surface area contributed by atoms with Crippen molar-refractivity contribution in [3.05, 3.63) is 22.5 Å². The van der Waals surface area contributed by atoms with Gasteiger partial charge in [-0.15, -0.1) is 0 Å². The van der Waals surface area contributed by atoms with Crippen molar-refractivity contribution in [2.24, 2.45) is 0 Å². The minimum Gasteiger partial charge on any atom is -0.465 e. The molecule has 2 N–H and O–H groups in total. The highest BCUT2D eigenvalue weighted by Crippen LogP contribution is 2.21. The molecule has 0 saturated heterocycles. The fourth-order valence-corrected chi connectivity index (χ4v) is 2.18. The highest BCUT2D eigenvalue weighted by atomic mass is 16.5. The van der Waals surface area contributed by atoms with Crippen molar-refractivity contribution in [1.82, 2.24) is 10.3 Å². The molecule has 1 fully saturated rings.